The first kappa shape index (κ1) is 18.2. The van der Waals surface area contributed by atoms with E-state index in [1.165, 1.54) is 63.1 Å². The topological polar surface area (TPSA) is 18.5 Å². The van der Waals surface area contributed by atoms with Crippen molar-refractivity contribution in [2.45, 2.75) is 52.0 Å². The number of fused-ring (bicyclic) bond motifs is 2. The minimum atomic E-state index is 0.618. The summed E-state index contributed by atoms with van der Waals surface area (Å²) in [6.07, 6.45) is 6.98. The molecule has 1 aromatic rings. The van der Waals surface area contributed by atoms with Gasteiger partial charge in [0.25, 0.3) is 0 Å². The Morgan fingerprint density at radius 3 is 2.31 bits per heavy atom. The van der Waals surface area contributed by atoms with Gasteiger partial charge in [-0.25, -0.2) is 0 Å². The molecular weight excluding hydrogens is 318 g/mol. The molecule has 0 spiro atoms. The van der Waals surface area contributed by atoms with Crippen LogP contribution in [0.2, 0.25) is 0 Å². The van der Waals surface area contributed by atoms with E-state index in [0.29, 0.717) is 11.5 Å². The van der Waals surface area contributed by atoms with E-state index < -0.39 is 0 Å². The maximum atomic E-state index is 3.95. The second-order valence-corrected chi connectivity index (χ2v) is 9.78. The first-order valence-electron chi connectivity index (χ1n) is 10.7. The highest BCUT2D eigenvalue weighted by Crippen LogP contribution is 2.61. The summed E-state index contributed by atoms with van der Waals surface area (Å²) in [7, 11) is 4.20. The number of piperidine rings is 1. The fourth-order valence-electron chi connectivity index (χ4n) is 5.83. The number of nitrogens with one attached hydrogen (secondary N) is 1. The lowest BCUT2D eigenvalue weighted by Crippen LogP contribution is -2.55. The summed E-state index contributed by atoms with van der Waals surface area (Å²) in [4.78, 5) is 4.72. The molecule has 0 radical (unpaired) electrons. The number of hydrogen-bond acceptors (Lipinski definition) is 3. The lowest BCUT2D eigenvalue weighted by molar-refractivity contribution is -0.104. The molecule has 4 fully saturated rings. The van der Waals surface area contributed by atoms with Gasteiger partial charge in [-0.05, 0) is 86.1 Å². The largest absolute Gasteiger partial charge is 0.378 e. The number of hydrogen-bond donors (Lipinski definition) is 1. The van der Waals surface area contributed by atoms with Crippen LogP contribution in [0, 0.1) is 23.2 Å². The number of rotatable bonds is 5. The first-order chi connectivity index (χ1) is 12.4. The van der Waals surface area contributed by atoms with Crippen molar-refractivity contribution in [1.82, 2.24) is 5.32 Å². The summed E-state index contributed by atoms with van der Waals surface area (Å²) in [6.45, 7) is 8.64. The van der Waals surface area contributed by atoms with Crippen molar-refractivity contribution in [2.24, 2.45) is 23.2 Å². The van der Waals surface area contributed by atoms with E-state index in [1.54, 1.807) is 0 Å². The van der Waals surface area contributed by atoms with Gasteiger partial charge in [-0.15, -0.1) is 0 Å². The SMILES string of the molecule is CN(C)c1ccc(N2CCC(NC[C@@H]3CC[C@H]4C[C@@H]3C4(C)C)CC2)cc1. The molecular formula is C23H37N3. The zero-order valence-electron chi connectivity index (χ0n) is 17.2. The van der Waals surface area contributed by atoms with Crippen molar-refractivity contribution in [2.75, 3.05) is 43.5 Å². The van der Waals surface area contributed by atoms with Gasteiger partial charge in [-0.3, -0.25) is 0 Å². The normalized spacial score (nSPS) is 30.8. The molecule has 0 aromatic heterocycles. The van der Waals surface area contributed by atoms with Crippen LogP contribution in [0.3, 0.4) is 0 Å². The quantitative estimate of drug-likeness (QED) is 0.845. The Bertz CT molecular complexity index is 596. The Balaban J connectivity index is 1.24. The third-order valence-electron chi connectivity index (χ3n) is 7.90. The molecule has 1 aliphatic heterocycles. The van der Waals surface area contributed by atoms with Crippen LogP contribution in [0.25, 0.3) is 0 Å². The van der Waals surface area contributed by atoms with E-state index in [0.717, 1.165) is 17.8 Å². The maximum Gasteiger partial charge on any atom is 0.0367 e. The van der Waals surface area contributed by atoms with Crippen molar-refractivity contribution in [1.29, 1.82) is 0 Å². The fraction of sp³-hybridized carbons (Fsp3) is 0.739. The van der Waals surface area contributed by atoms with Gasteiger partial charge in [0, 0.05) is 44.6 Å². The Labute approximate surface area is 160 Å². The van der Waals surface area contributed by atoms with E-state index >= 15 is 0 Å². The number of nitrogens with zero attached hydrogens (tertiary/aromatic N) is 2. The minimum Gasteiger partial charge on any atom is -0.378 e. The van der Waals surface area contributed by atoms with Gasteiger partial charge in [0.2, 0.25) is 0 Å². The standard InChI is InChI=1S/C23H37N3/c1-23(2)18-6-5-17(22(23)15-18)16-24-19-11-13-26(14-12-19)21-9-7-20(8-10-21)25(3)4/h7-10,17-19,22,24H,5-6,11-16H2,1-4H3/t17-,18-,22-/m0/s1. The van der Waals surface area contributed by atoms with Crippen LogP contribution in [-0.2, 0) is 0 Å². The van der Waals surface area contributed by atoms with Gasteiger partial charge < -0.3 is 15.1 Å². The van der Waals surface area contributed by atoms with E-state index in [2.05, 4.69) is 67.3 Å². The molecule has 26 heavy (non-hydrogen) atoms. The number of anilines is 2. The second kappa shape index (κ2) is 7.07. The zero-order valence-corrected chi connectivity index (χ0v) is 17.2. The molecule has 144 valence electrons. The Hall–Kier alpha value is -1.22. The van der Waals surface area contributed by atoms with Crippen molar-refractivity contribution >= 4 is 11.4 Å². The summed E-state index contributed by atoms with van der Waals surface area (Å²) in [5, 5.41) is 3.95. The zero-order chi connectivity index (χ0) is 18.3. The smallest absolute Gasteiger partial charge is 0.0367 e. The van der Waals surface area contributed by atoms with E-state index in [1.807, 2.05) is 0 Å². The van der Waals surface area contributed by atoms with Crippen LogP contribution in [0.5, 0.6) is 0 Å². The van der Waals surface area contributed by atoms with Gasteiger partial charge in [-0.2, -0.15) is 0 Å². The molecule has 0 amide bonds. The highest BCUT2D eigenvalue weighted by Gasteiger charge is 2.53. The predicted molar refractivity (Wildman–Crippen MR) is 112 cm³/mol. The van der Waals surface area contributed by atoms with Crippen molar-refractivity contribution in [3.05, 3.63) is 24.3 Å². The van der Waals surface area contributed by atoms with Crippen molar-refractivity contribution in [3.63, 3.8) is 0 Å². The monoisotopic (exact) mass is 355 g/mol. The number of benzene rings is 1. The van der Waals surface area contributed by atoms with Crippen LogP contribution < -0.4 is 15.1 Å². The maximum absolute atomic E-state index is 3.95. The van der Waals surface area contributed by atoms with E-state index in [4.69, 9.17) is 0 Å². The van der Waals surface area contributed by atoms with Gasteiger partial charge in [0.05, 0.1) is 0 Å². The molecule has 3 nitrogen and oxygen atoms in total. The summed E-state index contributed by atoms with van der Waals surface area (Å²) < 4.78 is 0. The van der Waals surface area contributed by atoms with Crippen LogP contribution in [-0.4, -0.2) is 39.8 Å². The predicted octanol–water partition coefficient (Wildman–Crippen LogP) is 4.38. The summed E-state index contributed by atoms with van der Waals surface area (Å²) >= 11 is 0. The lowest BCUT2D eigenvalue weighted by atomic mass is 9.45. The molecule has 2 bridgehead atoms. The molecule has 3 heteroatoms. The average Bonchev–Trinajstić information content (AvgIpc) is 2.67. The Kier molecular flexibility index (Phi) is 4.94. The molecule has 1 heterocycles. The third-order valence-corrected chi connectivity index (χ3v) is 7.90. The molecule has 1 aromatic carbocycles. The molecule has 5 rings (SSSR count). The molecule has 1 N–H and O–H groups in total. The Morgan fingerprint density at radius 1 is 1.04 bits per heavy atom. The summed E-state index contributed by atoms with van der Waals surface area (Å²) in [6, 6.07) is 9.74. The van der Waals surface area contributed by atoms with Crippen LogP contribution in [0.15, 0.2) is 24.3 Å². The molecule has 4 aliphatic rings. The van der Waals surface area contributed by atoms with Gasteiger partial charge in [0.15, 0.2) is 0 Å². The fourth-order valence-corrected chi connectivity index (χ4v) is 5.83. The highest BCUT2D eigenvalue weighted by molar-refractivity contribution is 5.56. The average molecular weight is 356 g/mol. The summed E-state index contributed by atoms with van der Waals surface area (Å²) in [5.74, 6) is 2.92. The lowest BCUT2D eigenvalue weighted by Gasteiger charge is -2.60. The third kappa shape index (κ3) is 3.35. The molecule has 3 aliphatic carbocycles. The van der Waals surface area contributed by atoms with Crippen LogP contribution >= 0.6 is 0 Å². The highest BCUT2D eigenvalue weighted by atomic mass is 15.1. The van der Waals surface area contributed by atoms with Crippen LogP contribution in [0.4, 0.5) is 11.4 Å². The Morgan fingerprint density at radius 2 is 1.73 bits per heavy atom. The second-order valence-electron chi connectivity index (χ2n) is 9.78. The van der Waals surface area contributed by atoms with E-state index in [-0.39, 0.29) is 0 Å². The van der Waals surface area contributed by atoms with Gasteiger partial charge >= 0.3 is 0 Å². The van der Waals surface area contributed by atoms with Crippen LogP contribution in [0.1, 0.15) is 46.0 Å². The molecule has 0 unspecified atom stereocenters. The molecule has 1 saturated heterocycles. The van der Waals surface area contributed by atoms with Crippen molar-refractivity contribution in [3.8, 4) is 0 Å². The first-order valence-corrected chi connectivity index (χ1v) is 10.7. The minimum absolute atomic E-state index is 0.618. The molecule has 3 atom stereocenters. The van der Waals surface area contributed by atoms with Crippen molar-refractivity contribution < 1.29 is 0 Å². The molecule has 3 saturated carbocycles. The van der Waals surface area contributed by atoms with Gasteiger partial charge in [-0.1, -0.05) is 13.8 Å². The summed E-state index contributed by atoms with van der Waals surface area (Å²) in [5.41, 5.74) is 3.27. The van der Waals surface area contributed by atoms with Gasteiger partial charge in [0.1, 0.15) is 0 Å². The van der Waals surface area contributed by atoms with E-state index in [9.17, 15) is 0 Å².